The van der Waals surface area contributed by atoms with Crippen LogP contribution in [0.3, 0.4) is 0 Å². The molecule has 3 aromatic carbocycles. The summed E-state index contributed by atoms with van der Waals surface area (Å²) in [7, 11) is 0. The summed E-state index contributed by atoms with van der Waals surface area (Å²) >= 11 is 0. The van der Waals surface area contributed by atoms with Crippen molar-refractivity contribution in [1.29, 1.82) is 0 Å². The molecule has 0 unspecified atom stereocenters. The summed E-state index contributed by atoms with van der Waals surface area (Å²) in [6.45, 7) is 3.47. The van der Waals surface area contributed by atoms with Crippen molar-refractivity contribution in [2.75, 3.05) is 13.2 Å². The number of carbonyl (C=O) groups is 4. The van der Waals surface area contributed by atoms with Gasteiger partial charge >= 0.3 is 23.9 Å². The Morgan fingerprint density at radius 1 is 0.618 bits per heavy atom. The van der Waals surface area contributed by atoms with Crippen molar-refractivity contribution in [2.45, 2.75) is 13.8 Å². The van der Waals surface area contributed by atoms with E-state index in [4.69, 9.17) is 9.47 Å². The van der Waals surface area contributed by atoms with E-state index in [1.165, 1.54) is 30.3 Å². The number of hydrogen-bond acceptors (Lipinski definition) is 6. The van der Waals surface area contributed by atoms with E-state index < -0.39 is 23.9 Å². The van der Waals surface area contributed by atoms with Gasteiger partial charge in [0.15, 0.2) is 0 Å². The number of ether oxygens (including phenoxy) is 2. The lowest BCUT2D eigenvalue weighted by atomic mass is 9.85. The minimum absolute atomic E-state index is 0.0187. The van der Waals surface area contributed by atoms with Crippen LogP contribution in [0, 0.1) is 0 Å². The molecule has 0 bridgehead atoms. The zero-order valence-corrected chi connectivity index (χ0v) is 18.5. The largest absolute Gasteiger partial charge is 0.478 e. The highest BCUT2D eigenvalue weighted by Gasteiger charge is 2.28. The zero-order valence-electron chi connectivity index (χ0n) is 18.5. The van der Waals surface area contributed by atoms with Crippen molar-refractivity contribution in [3.8, 4) is 22.3 Å². The third kappa shape index (κ3) is 4.66. The quantitative estimate of drug-likeness (QED) is 0.458. The van der Waals surface area contributed by atoms with Crippen molar-refractivity contribution < 1.29 is 38.9 Å². The van der Waals surface area contributed by atoms with E-state index in [0.29, 0.717) is 0 Å². The molecule has 3 rings (SSSR count). The van der Waals surface area contributed by atoms with Gasteiger partial charge in [-0.05, 0) is 48.7 Å². The molecule has 0 amide bonds. The summed E-state index contributed by atoms with van der Waals surface area (Å²) in [6, 6.07) is 14.9. The van der Waals surface area contributed by atoms with E-state index in [9.17, 15) is 29.4 Å². The summed E-state index contributed by atoms with van der Waals surface area (Å²) in [4.78, 5) is 49.8. The second kappa shape index (κ2) is 10.4. The van der Waals surface area contributed by atoms with Gasteiger partial charge in [0.1, 0.15) is 0 Å². The van der Waals surface area contributed by atoms with E-state index in [0.717, 1.165) is 0 Å². The van der Waals surface area contributed by atoms with Crippen LogP contribution in [-0.2, 0) is 9.47 Å². The molecule has 0 aliphatic heterocycles. The summed E-state index contributed by atoms with van der Waals surface area (Å²) in [5.74, 6) is -4.17. The van der Waals surface area contributed by atoms with E-state index >= 15 is 0 Å². The minimum atomic E-state index is -1.43. The lowest BCUT2D eigenvalue weighted by Gasteiger charge is -2.18. The third-order valence-electron chi connectivity index (χ3n) is 5.05. The van der Waals surface area contributed by atoms with Crippen molar-refractivity contribution in [3.63, 3.8) is 0 Å². The van der Waals surface area contributed by atoms with Crippen LogP contribution in [0.15, 0.2) is 60.7 Å². The van der Waals surface area contributed by atoms with Gasteiger partial charge in [-0.15, -0.1) is 0 Å². The molecule has 8 nitrogen and oxygen atoms in total. The van der Waals surface area contributed by atoms with E-state index in [-0.39, 0.29) is 57.7 Å². The molecule has 0 aliphatic rings. The number of benzene rings is 3. The van der Waals surface area contributed by atoms with Gasteiger partial charge in [0.05, 0.1) is 35.5 Å². The number of aromatic carboxylic acids is 2. The average Bonchev–Trinajstić information content (AvgIpc) is 2.83. The summed E-state index contributed by atoms with van der Waals surface area (Å²) in [6.07, 6.45) is 0. The van der Waals surface area contributed by atoms with Gasteiger partial charge in [-0.25, -0.2) is 19.2 Å². The number of carboxylic acids is 2. The Morgan fingerprint density at radius 2 is 1.12 bits per heavy atom. The molecule has 34 heavy (non-hydrogen) atoms. The van der Waals surface area contributed by atoms with Gasteiger partial charge in [-0.3, -0.25) is 0 Å². The summed E-state index contributed by atoms with van der Waals surface area (Å²) < 4.78 is 10.2. The van der Waals surface area contributed by atoms with Crippen LogP contribution in [0.2, 0.25) is 0 Å². The molecular weight excluding hydrogens is 440 g/mol. The molecule has 0 saturated heterocycles. The molecule has 174 valence electrons. The minimum Gasteiger partial charge on any atom is -0.478 e. The maximum absolute atomic E-state index is 12.6. The fraction of sp³-hybridized carbons (Fsp3) is 0.154. The summed E-state index contributed by atoms with van der Waals surface area (Å²) in [5, 5.41) is 20.1. The molecule has 3 aromatic rings. The van der Waals surface area contributed by atoms with Crippen LogP contribution < -0.4 is 0 Å². The Kier molecular flexibility index (Phi) is 7.43. The molecule has 0 spiro atoms. The molecule has 0 radical (unpaired) electrons. The van der Waals surface area contributed by atoms with Gasteiger partial charge in [0, 0.05) is 5.56 Å². The standard InChI is InChI=1S/C26H22O8/c1-3-33-25(31)18-11-7-5-9-15(18)17-13-14-20(23(27)28)21(22(17)24(29)30)16-10-6-8-12-19(16)26(32)34-4-2/h5-14H,3-4H2,1-2H3,(H,27,28)(H,29,30). The van der Waals surface area contributed by atoms with Crippen LogP contribution in [0.5, 0.6) is 0 Å². The molecule has 8 heteroatoms. The predicted molar refractivity (Wildman–Crippen MR) is 123 cm³/mol. The molecular formula is C26H22O8. The van der Waals surface area contributed by atoms with Crippen LogP contribution in [0.1, 0.15) is 55.3 Å². The summed E-state index contributed by atoms with van der Waals surface area (Å²) in [5.41, 5.74) is -0.254. The van der Waals surface area contributed by atoms with Gasteiger partial charge in [0.2, 0.25) is 0 Å². The Morgan fingerprint density at radius 3 is 1.62 bits per heavy atom. The van der Waals surface area contributed by atoms with E-state index in [1.807, 2.05) is 0 Å². The first-order valence-corrected chi connectivity index (χ1v) is 10.5. The Hall–Kier alpha value is -4.46. The van der Waals surface area contributed by atoms with Crippen molar-refractivity contribution in [3.05, 3.63) is 82.9 Å². The fourth-order valence-electron chi connectivity index (χ4n) is 3.70. The zero-order chi connectivity index (χ0) is 24.8. The first-order valence-electron chi connectivity index (χ1n) is 10.5. The molecule has 0 aliphatic carbocycles. The second-order valence-electron chi connectivity index (χ2n) is 7.05. The van der Waals surface area contributed by atoms with Gasteiger partial charge < -0.3 is 19.7 Å². The maximum atomic E-state index is 12.6. The molecule has 0 saturated carbocycles. The molecule has 0 fully saturated rings. The topological polar surface area (TPSA) is 127 Å². The fourth-order valence-corrected chi connectivity index (χ4v) is 3.70. The Labute approximate surface area is 195 Å². The van der Waals surface area contributed by atoms with Crippen LogP contribution in [0.4, 0.5) is 0 Å². The maximum Gasteiger partial charge on any atom is 0.338 e. The number of rotatable bonds is 8. The van der Waals surface area contributed by atoms with Gasteiger partial charge in [-0.2, -0.15) is 0 Å². The molecule has 0 atom stereocenters. The van der Waals surface area contributed by atoms with Gasteiger partial charge in [-0.1, -0.05) is 42.5 Å². The number of esters is 2. The first-order chi connectivity index (χ1) is 16.3. The van der Waals surface area contributed by atoms with E-state index in [1.54, 1.807) is 44.2 Å². The number of hydrogen-bond donors (Lipinski definition) is 2. The predicted octanol–water partition coefficient (Wildman–Crippen LogP) is 4.77. The normalized spacial score (nSPS) is 10.4. The van der Waals surface area contributed by atoms with Crippen LogP contribution in [-0.4, -0.2) is 47.3 Å². The average molecular weight is 462 g/mol. The van der Waals surface area contributed by atoms with Crippen LogP contribution >= 0.6 is 0 Å². The van der Waals surface area contributed by atoms with E-state index in [2.05, 4.69) is 0 Å². The Balaban J connectivity index is 2.43. The lowest BCUT2D eigenvalue weighted by Crippen LogP contribution is -2.13. The Bertz CT molecular complexity index is 1280. The number of carbonyl (C=O) groups excluding carboxylic acids is 2. The molecule has 0 heterocycles. The smallest absolute Gasteiger partial charge is 0.338 e. The highest BCUT2D eigenvalue weighted by atomic mass is 16.5. The first kappa shape index (κ1) is 24.2. The lowest BCUT2D eigenvalue weighted by molar-refractivity contribution is 0.0517. The van der Waals surface area contributed by atoms with Crippen molar-refractivity contribution >= 4 is 23.9 Å². The molecule has 2 N–H and O–H groups in total. The molecule has 0 aromatic heterocycles. The van der Waals surface area contributed by atoms with Crippen molar-refractivity contribution in [2.24, 2.45) is 0 Å². The van der Waals surface area contributed by atoms with Gasteiger partial charge in [0.25, 0.3) is 0 Å². The van der Waals surface area contributed by atoms with Crippen molar-refractivity contribution in [1.82, 2.24) is 0 Å². The highest BCUT2D eigenvalue weighted by Crippen LogP contribution is 2.38. The highest BCUT2D eigenvalue weighted by molar-refractivity contribution is 6.13. The van der Waals surface area contributed by atoms with Crippen LogP contribution in [0.25, 0.3) is 22.3 Å². The SMILES string of the molecule is CCOC(=O)c1ccccc1-c1ccc(C(=O)O)c(-c2ccccc2C(=O)OCC)c1C(=O)O. The second-order valence-corrected chi connectivity index (χ2v) is 7.05. The number of carboxylic acid groups (broad SMARTS) is 2. The third-order valence-corrected chi connectivity index (χ3v) is 5.05. The monoisotopic (exact) mass is 462 g/mol.